The molecule has 0 bridgehead atoms. The van der Waals surface area contributed by atoms with Crippen molar-refractivity contribution in [1.82, 2.24) is 0 Å². The molecule has 0 aromatic heterocycles. The van der Waals surface area contributed by atoms with Crippen LogP contribution < -0.4 is 4.74 Å². The van der Waals surface area contributed by atoms with Crippen LogP contribution in [-0.4, -0.2) is 31.3 Å². The summed E-state index contributed by atoms with van der Waals surface area (Å²) in [5.41, 5.74) is -0.0581. The van der Waals surface area contributed by atoms with Gasteiger partial charge in [0.1, 0.15) is 5.75 Å². The Morgan fingerprint density at radius 2 is 1.95 bits per heavy atom. The molecule has 0 heterocycles. The molecular weight excluding hydrogens is 338 g/mol. The molecule has 0 aliphatic carbocycles. The molecule has 20 heavy (non-hydrogen) atoms. The second-order valence-corrected chi connectivity index (χ2v) is 4.33. The highest BCUT2D eigenvalue weighted by Crippen LogP contribution is 2.33. The van der Waals surface area contributed by atoms with Gasteiger partial charge < -0.3 is 14.2 Å². The van der Waals surface area contributed by atoms with Crippen molar-refractivity contribution in [3.05, 3.63) is 32.3 Å². The number of nitrogens with zero attached hydrogens (tertiary/aromatic N) is 1. The molecule has 0 aliphatic heterocycles. The van der Waals surface area contributed by atoms with E-state index in [-0.39, 0.29) is 27.9 Å². The van der Waals surface area contributed by atoms with E-state index in [0.29, 0.717) is 0 Å². The van der Waals surface area contributed by atoms with E-state index in [9.17, 15) is 19.7 Å². The molecule has 0 fully saturated rings. The second kappa shape index (κ2) is 6.85. The molecule has 0 atom stereocenters. The summed E-state index contributed by atoms with van der Waals surface area (Å²) in [5, 5.41) is 10.8. The third-order valence-corrected chi connectivity index (χ3v) is 2.88. The zero-order valence-corrected chi connectivity index (χ0v) is 12.1. The minimum atomic E-state index is -1.05. The van der Waals surface area contributed by atoms with E-state index < -0.39 is 17.0 Å². The topological polar surface area (TPSA) is 105 Å². The zero-order valence-electron chi connectivity index (χ0n) is 10.5. The third kappa shape index (κ3) is 3.92. The summed E-state index contributed by atoms with van der Waals surface area (Å²) in [6.45, 7) is 0. The highest BCUT2D eigenvalue weighted by Gasteiger charge is 2.21. The fourth-order valence-electron chi connectivity index (χ4n) is 1.32. The maximum atomic E-state index is 11.3. The maximum absolute atomic E-state index is 11.3. The van der Waals surface area contributed by atoms with Gasteiger partial charge in [0, 0.05) is 5.56 Å². The number of nitro benzene ring substituents is 1. The van der Waals surface area contributed by atoms with Gasteiger partial charge in [-0.1, -0.05) is 0 Å². The predicted molar refractivity (Wildman–Crippen MR) is 69.5 cm³/mol. The Morgan fingerprint density at radius 3 is 2.45 bits per heavy atom. The van der Waals surface area contributed by atoms with Crippen LogP contribution in [0.15, 0.2) is 16.6 Å². The standard InChI is InChI=1S/C11H10BrNO7/c1-18-10(14)4-6-3-7(12)8(13(16)17)5-9(6)20-11(15)19-2/h3,5H,4H2,1-2H3. The molecule has 0 saturated heterocycles. The van der Waals surface area contributed by atoms with Gasteiger partial charge in [-0.05, 0) is 22.0 Å². The van der Waals surface area contributed by atoms with Crippen LogP contribution in [0.1, 0.15) is 5.56 Å². The van der Waals surface area contributed by atoms with Crippen molar-refractivity contribution in [3.63, 3.8) is 0 Å². The first kappa shape index (κ1) is 15.9. The summed E-state index contributed by atoms with van der Waals surface area (Å²) >= 11 is 3.01. The Labute approximate surface area is 121 Å². The first-order valence-corrected chi connectivity index (χ1v) is 5.97. The van der Waals surface area contributed by atoms with Crippen molar-refractivity contribution in [1.29, 1.82) is 0 Å². The van der Waals surface area contributed by atoms with Crippen LogP contribution in [0.5, 0.6) is 5.75 Å². The number of benzene rings is 1. The van der Waals surface area contributed by atoms with Crippen molar-refractivity contribution in [3.8, 4) is 5.75 Å². The number of rotatable bonds is 4. The van der Waals surface area contributed by atoms with Crippen molar-refractivity contribution >= 4 is 33.7 Å². The average molecular weight is 348 g/mol. The summed E-state index contributed by atoms with van der Waals surface area (Å²) in [5.74, 6) is -0.724. The van der Waals surface area contributed by atoms with Gasteiger partial charge >= 0.3 is 12.1 Å². The zero-order chi connectivity index (χ0) is 15.3. The number of carbonyl (C=O) groups is 2. The van der Waals surface area contributed by atoms with Crippen LogP contribution in [0.25, 0.3) is 0 Å². The van der Waals surface area contributed by atoms with Crippen molar-refractivity contribution in [2.75, 3.05) is 14.2 Å². The Hall–Kier alpha value is -2.16. The van der Waals surface area contributed by atoms with Crippen LogP contribution in [0.2, 0.25) is 0 Å². The predicted octanol–water partition coefficient (Wildman–Crippen LogP) is 2.22. The van der Waals surface area contributed by atoms with E-state index >= 15 is 0 Å². The minimum absolute atomic E-state index is 0.142. The molecule has 9 heteroatoms. The van der Waals surface area contributed by atoms with Gasteiger partial charge in [0.05, 0.1) is 36.1 Å². The van der Waals surface area contributed by atoms with Crippen molar-refractivity contribution in [2.45, 2.75) is 6.42 Å². The lowest BCUT2D eigenvalue weighted by Gasteiger charge is -2.09. The molecule has 0 spiro atoms. The molecule has 1 aromatic rings. The van der Waals surface area contributed by atoms with E-state index in [2.05, 4.69) is 25.4 Å². The van der Waals surface area contributed by atoms with Gasteiger partial charge in [0.2, 0.25) is 0 Å². The van der Waals surface area contributed by atoms with Gasteiger partial charge in [-0.3, -0.25) is 14.9 Å². The fraction of sp³-hybridized carbons (Fsp3) is 0.273. The number of hydrogen-bond acceptors (Lipinski definition) is 7. The number of methoxy groups -OCH3 is 2. The highest BCUT2D eigenvalue weighted by molar-refractivity contribution is 9.10. The molecule has 0 amide bonds. The molecule has 0 saturated carbocycles. The molecule has 1 aromatic carbocycles. The van der Waals surface area contributed by atoms with Crippen LogP contribution in [0.3, 0.4) is 0 Å². The summed E-state index contributed by atoms with van der Waals surface area (Å²) in [6.07, 6.45) is -1.26. The first-order valence-electron chi connectivity index (χ1n) is 5.18. The number of esters is 1. The number of nitro groups is 1. The number of halogens is 1. The van der Waals surface area contributed by atoms with Gasteiger partial charge in [-0.2, -0.15) is 0 Å². The molecule has 8 nitrogen and oxygen atoms in total. The SMILES string of the molecule is COC(=O)Cc1cc(Br)c([N+](=O)[O-])cc1OC(=O)OC. The largest absolute Gasteiger partial charge is 0.513 e. The summed E-state index contributed by atoms with van der Waals surface area (Å²) in [4.78, 5) is 32.6. The quantitative estimate of drug-likeness (QED) is 0.355. The van der Waals surface area contributed by atoms with E-state index in [4.69, 9.17) is 4.74 Å². The van der Waals surface area contributed by atoms with Crippen molar-refractivity contribution in [2.24, 2.45) is 0 Å². The highest BCUT2D eigenvalue weighted by atomic mass is 79.9. The molecule has 108 valence electrons. The lowest BCUT2D eigenvalue weighted by Crippen LogP contribution is -2.12. The number of ether oxygens (including phenoxy) is 3. The second-order valence-electron chi connectivity index (χ2n) is 3.48. The maximum Gasteiger partial charge on any atom is 0.513 e. The summed E-state index contributed by atoms with van der Waals surface area (Å²) in [6, 6.07) is 2.34. The van der Waals surface area contributed by atoms with Crippen LogP contribution in [0, 0.1) is 10.1 Å². The van der Waals surface area contributed by atoms with Gasteiger partial charge in [-0.15, -0.1) is 0 Å². The monoisotopic (exact) mass is 347 g/mol. The fourth-order valence-corrected chi connectivity index (χ4v) is 1.85. The lowest BCUT2D eigenvalue weighted by molar-refractivity contribution is -0.385. The Balaban J connectivity index is 3.25. The first-order chi connectivity index (χ1) is 9.38. The average Bonchev–Trinajstić information content (AvgIpc) is 2.40. The van der Waals surface area contributed by atoms with Gasteiger partial charge in [0.25, 0.3) is 5.69 Å². The molecule has 1 rings (SSSR count). The Morgan fingerprint density at radius 1 is 1.30 bits per heavy atom. The molecule has 0 unspecified atom stereocenters. The number of carbonyl (C=O) groups excluding carboxylic acids is 2. The molecule has 0 aliphatic rings. The third-order valence-electron chi connectivity index (χ3n) is 2.25. The van der Waals surface area contributed by atoms with E-state index in [1.807, 2.05) is 0 Å². The van der Waals surface area contributed by atoms with Crippen LogP contribution >= 0.6 is 15.9 Å². The summed E-state index contributed by atoms with van der Waals surface area (Å²) in [7, 11) is 2.29. The van der Waals surface area contributed by atoms with Crippen LogP contribution in [0.4, 0.5) is 10.5 Å². The normalized spacial score (nSPS) is 9.75. The molecular formula is C11H10BrNO7. The van der Waals surface area contributed by atoms with Crippen LogP contribution in [-0.2, 0) is 20.7 Å². The smallest absolute Gasteiger partial charge is 0.469 e. The minimum Gasteiger partial charge on any atom is -0.469 e. The van der Waals surface area contributed by atoms with E-state index in [1.54, 1.807) is 0 Å². The summed E-state index contributed by atoms with van der Waals surface area (Å²) < 4.78 is 13.8. The molecule has 0 N–H and O–H groups in total. The van der Waals surface area contributed by atoms with Gasteiger partial charge in [-0.25, -0.2) is 4.79 Å². The van der Waals surface area contributed by atoms with E-state index in [1.165, 1.54) is 13.2 Å². The number of hydrogen-bond donors (Lipinski definition) is 0. The van der Waals surface area contributed by atoms with E-state index in [0.717, 1.165) is 13.2 Å². The molecule has 0 radical (unpaired) electrons. The van der Waals surface area contributed by atoms with Crippen molar-refractivity contribution < 1.29 is 28.7 Å². The lowest BCUT2D eigenvalue weighted by atomic mass is 10.1. The Kier molecular flexibility index (Phi) is 5.44. The Bertz CT molecular complexity index is 558. The van der Waals surface area contributed by atoms with Gasteiger partial charge in [0.15, 0.2) is 0 Å².